The molecule has 1 heterocycles. The lowest BCUT2D eigenvalue weighted by atomic mass is 10.1. The van der Waals surface area contributed by atoms with Crippen LogP contribution >= 0.6 is 15.9 Å². The number of aromatic nitrogens is 2. The summed E-state index contributed by atoms with van der Waals surface area (Å²) >= 11 is 3.44. The van der Waals surface area contributed by atoms with E-state index in [0.717, 1.165) is 21.3 Å². The van der Waals surface area contributed by atoms with Crippen LogP contribution in [0.2, 0.25) is 0 Å². The van der Waals surface area contributed by atoms with Crippen molar-refractivity contribution in [1.82, 2.24) is 15.2 Å². The molecule has 0 unspecified atom stereocenters. The van der Waals surface area contributed by atoms with E-state index in [0.29, 0.717) is 16.9 Å². The van der Waals surface area contributed by atoms with Crippen LogP contribution in [0.1, 0.15) is 11.1 Å². The standard InChI is InChI=1S/C25H20BrN5O2/c1-17-7-5-6-10-22(17)28-24(32)25(33)29-27-15-19-16-31(21-8-3-2-4-9-21)30-23(19)18-11-13-20(26)14-12-18/h2-16H,1H3,(H,28,32)(H,29,33)/b27-15+. The van der Waals surface area contributed by atoms with Gasteiger partial charge in [-0.05, 0) is 42.8 Å². The number of rotatable bonds is 5. The third-order valence-corrected chi connectivity index (χ3v) is 5.38. The fraction of sp³-hybridized carbons (Fsp3) is 0.0400. The number of carbonyl (C=O) groups is 2. The van der Waals surface area contributed by atoms with Crippen molar-refractivity contribution in [3.8, 4) is 16.9 Å². The molecule has 0 radical (unpaired) electrons. The van der Waals surface area contributed by atoms with Crippen LogP contribution < -0.4 is 10.7 Å². The number of aryl methyl sites for hydroxylation is 1. The summed E-state index contributed by atoms with van der Waals surface area (Å²) in [6.07, 6.45) is 3.29. The van der Waals surface area contributed by atoms with E-state index < -0.39 is 11.8 Å². The topological polar surface area (TPSA) is 88.4 Å². The first kappa shape index (κ1) is 22.2. The molecule has 0 bridgehead atoms. The van der Waals surface area contributed by atoms with Gasteiger partial charge < -0.3 is 5.32 Å². The Morgan fingerprint density at radius 3 is 2.36 bits per heavy atom. The maximum atomic E-state index is 12.2. The van der Waals surface area contributed by atoms with E-state index in [1.54, 1.807) is 16.8 Å². The first-order valence-electron chi connectivity index (χ1n) is 10.1. The van der Waals surface area contributed by atoms with Crippen molar-refractivity contribution in [2.24, 2.45) is 5.10 Å². The van der Waals surface area contributed by atoms with Gasteiger partial charge in [-0.15, -0.1) is 0 Å². The molecule has 4 rings (SSSR count). The van der Waals surface area contributed by atoms with Gasteiger partial charge in [0.05, 0.1) is 11.9 Å². The van der Waals surface area contributed by atoms with Gasteiger partial charge in [-0.25, -0.2) is 10.1 Å². The normalized spacial score (nSPS) is 10.8. The predicted molar refractivity (Wildman–Crippen MR) is 132 cm³/mol. The van der Waals surface area contributed by atoms with Crippen LogP contribution in [0.5, 0.6) is 0 Å². The Bertz CT molecular complexity index is 1310. The highest BCUT2D eigenvalue weighted by atomic mass is 79.9. The molecule has 0 aliphatic carbocycles. The number of para-hydroxylation sites is 2. The van der Waals surface area contributed by atoms with E-state index in [2.05, 4.69) is 31.8 Å². The zero-order valence-electron chi connectivity index (χ0n) is 17.7. The molecule has 0 saturated heterocycles. The van der Waals surface area contributed by atoms with Gasteiger partial charge in [0.25, 0.3) is 0 Å². The Labute approximate surface area is 199 Å². The van der Waals surface area contributed by atoms with Gasteiger partial charge in [-0.1, -0.05) is 64.5 Å². The lowest BCUT2D eigenvalue weighted by Gasteiger charge is -2.06. The molecule has 3 aromatic carbocycles. The Kier molecular flexibility index (Phi) is 6.75. The molecule has 0 aliphatic rings. The second-order valence-electron chi connectivity index (χ2n) is 7.19. The highest BCUT2D eigenvalue weighted by Gasteiger charge is 2.15. The molecule has 2 amide bonds. The largest absolute Gasteiger partial charge is 0.329 e. The first-order valence-corrected chi connectivity index (χ1v) is 10.9. The minimum absolute atomic E-state index is 0.572. The summed E-state index contributed by atoms with van der Waals surface area (Å²) in [5, 5.41) is 11.3. The molecular formula is C25H20BrN5O2. The van der Waals surface area contributed by atoms with Crippen molar-refractivity contribution in [1.29, 1.82) is 0 Å². The molecule has 0 fully saturated rings. The van der Waals surface area contributed by atoms with Crippen molar-refractivity contribution in [2.45, 2.75) is 6.92 Å². The van der Waals surface area contributed by atoms with Gasteiger partial charge in [0.15, 0.2) is 0 Å². The molecule has 33 heavy (non-hydrogen) atoms. The summed E-state index contributed by atoms with van der Waals surface area (Å²) in [5.41, 5.74) is 6.85. The van der Waals surface area contributed by atoms with Crippen molar-refractivity contribution in [3.63, 3.8) is 0 Å². The number of benzene rings is 3. The van der Waals surface area contributed by atoms with Crippen LogP contribution in [-0.4, -0.2) is 27.8 Å². The Morgan fingerprint density at radius 1 is 0.939 bits per heavy atom. The SMILES string of the molecule is Cc1ccccc1NC(=O)C(=O)N/N=C/c1cn(-c2ccccc2)nc1-c1ccc(Br)cc1. The fourth-order valence-corrected chi connectivity index (χ4v) is 3.39. The zero-order chi connectivity index (χ0) is 23.2. The Hall–Kier alpha value is -4.04. The van der Waals surface area contributed by atoms with Gasteiger partial charge in [0.2, 0.25) is 0 Å². The number of hydrogen-bond acceptors (Lipinski definition) is 4. The van der Waals surface area contributed by atoms with Crippen molar-refractivity contribution in [2.75, 3.05) is 5.32 Å². The lowest BCUT2D eigenvalue weighted by molar-refractivity contribution is -0.136. The van der Waals surface area contributed by atoms with E-state index in [1.165, 1.54) is 6.21 Å². The zero-order valence-corrected chi connectivity index (χ0v) is 19.3. The third-order valence-electron chi connectivity index (χ3n) is 4.85. The van der Waals surface area contributed by atoms with Crippen LogP contribution in [0.15, 0.2) is 94.6 Å². The molecule has 1 aromatic heterocycles. The number of anilines is 1. The highest BCUT2D eigenvalue weighted by Crippen LogP contribution is 2.24. The number of hydrogen-bond donors (Lipinski definition) is 2. The smallest absolute Gasteiger partial charge is 0.317 e. The maximum absolute atomic E-state index is 12.2. The monoisotopic (exact) mass is 501 g/mol. The van der Waals surface area contributed by atoms with Gasteiger partial charge in [0.1, 0.15) is 5.69 Å². The molecule has 8 heteroatoms. The Morgan fingerprint density at radius 2 is 1.64 bits per heavy atom. The van der Waals surface area contributed by atoms with E-state index >= 15 is 0 Å². The number of amides is 2. The molecule has 2 N–H and O–H groups in total. The molecule has 0 spiro atoms. The molecular weight excluding hydrogens is 482 g/mol. The van der Waals surface area contributed by atoms with Crippen LogP contribution in [0.25, 0.3) is 16.9 Å². The molecule has 0 atom stereocenters. The average molecular weight is 502 g/mol. The average Bonchev–Trinajstić information content (AvgIpc) is 3.25. The first-order chi connectivity index (χ1) is 16.0. The number of hydrazone groups is 1. The van der Waals surface area contributed by atoms with Gasteiger partial charge >= 0.3 is 11.8 Å². The van der Waals surface area contributed by atoms with Crippen molar-refractivity contribution < 1.29 is 9.59 Å². The minimum atomic E-state index is -0.866. The molecule has 164 valence electrons. The number of nitrogens with one attached hydrogen (secondary N) is 2. The highest BCUT2D eigenvalue weighted by molar-refractivity contribution is 9.10. The van der Waals surface area contributed by atoms with Crippen molar-refractivity contribution in [3.05, 3.63) is 101 Å². The minimum Gasteiger partial charge on any atom is -0.317 e. The molecule has 4 aromatic rings. The second-order valence-corrected chi connectivity index (χ2v) is 8.10. The van der Waals surface area contributed by atoms with E-state index in [4.69, 9.17) is 5.10 Å². The predicted octanol–water partition coefficient (Wildman–Crippen LogP) is 4.70. The molecule has 0 saturated carbocycles. The van der Waals surface area contributed by atoms with Gasteiger partial charge in [-0.3, -0.25) is 9.59 Å². The second kappa shape index (κ2) is 10.1. The summed E-state index contributed by atoms with van der Waals surface area (Å²) in [5.74, 6) is -1.66. The Balaban J connectivity index is 1.54. The van der Waals surface area contributed by atoms with E-state index in [9.17, 15) is 9.59 Å². The number of halogens is 1. The number of carbonyl (C=O) groups excluding carboxylic acids is 2. The van der Waals surface area contributed by atoms with Crippen LogP contribution in [0.4, 0.5) is 5.69 Å². The lowest BCUT2D eigenvalue weighted by Crippen LogP contribution is -2.32. The third kappa shape index (κ3) is 5.42. The summed E-state index contributed by atoms with van der Waals surface area (Å²) in [6.45, 7) is 1.85. The molecule has 0 aliphatic heterocycles. The van der Waals surface area contributed by atoms with Gasteiger partial charge in [-0.2, -0.15) is 10.2 Å². The van der Waals surface area contributed by atoms with E-state index in [-0.39, 0.29) is 0 Å². The van der Waals surface area contributed by atoms with Gasteiger partial charge in [0, 0.05) is 27.5 Å². The van der Waals surface area contributed by atoms with Crippen LogP contribution in [0.3, 0.4) is 0 Å². The summed E-state index contributed by atoms with van der Waals surface area (Å²) in [4.78, 5) is 24.4. The summed E-state index contributed by atoms with van der Waals surface area (Å²) in [6, 6.07) is 24.6. The van der Waals surface area contributed by atoms with Crippen LogP contribution in [-0.2, 0) is 9.59 Å². The van der Waals surface area contributed by atoms with Crippen LogP contribution in [0, 0.1) is 6.92 Å². The maximum Gasteiger partial charge on any atom is 0.329 e. The fourth-order valence-electron chi connectivity index (χ4n) is 3.13. The summed E-state index contributed by atoms with van der Waals surface area (Å²) in [7, 11) is 0. The van der Waals surface area contributed by atoms with E-state index in [1.807, 2.05) is 79.9 Å². The summed E-state index contributed by atoms with van der Waals surface area (Å²) < 4.78 is 2.70. The van der Waals surface area contributed by atoms with Crippen molar-refractivity contribution >= 4 is 39.6 Å². The number of nitrogens with zero attached hydrogens (tertiary/aromatic N) is 3. The molecule has 7 nitrogen and oxygen atoms in total. The quantitative estimate of drug-likeness (QED) is 0.236.